The van der Waals surface area contributed by atoms with Gasteiger partial charge in [0.2, 0.25) is 0 Å². The van der Waals surface area contributed by atoms with E-state index in [-0.39, 0.29) is 0 Å². The minimum absolute atomic E-state index is 0.566. The molecular formula is C9H11N3S. The molecule has 0 spiro atoms. The van der Waals surface area contributed by atoms with Gasteiger partial charge in [0, 0.05) is 18.1 Å². The molecule has 2 rings (SSSR count). The normalized spacial score (nSPS) is 11.8. The number of rotatable bonds is 2. The molecule has 0 fully saturated rings. The molecule has 0 aliphatic carbocycles. The Morgan fingerprint density at radius 1 is 1.69 bits per heavy atom. The predicted octanol–water partition coefficient (Wildman–Crippen LogP) is 1.68. The lowest BCUT2D eigenvalue weighted by atomic mass is 10.3. The van der Waals surface area contributed by atoms with Crippen LogP contribution in [0.3, 0.4) is 0 Å². The van der Waals surface area contributed by atoms with E-state index in [9.17, 15) is 0 Å². The molecule has 0 radical (unpaired) electrons. The lowest BCUT2D eigenvalue weighted by Gasteiger charge is -1.91. The van der Waals surface area contributed by atoms with Gasteiger partial charge in [0.15, 0.2) is 4.96 Å². The monoisotopic (exact) mass is 193 g/mol. The number of hydrogen-bond donors (Lipinski definition) is 1. The summed E-state index contributed by atoms with van der Waals surface area (Å²) >= 11 is 1.64. The van der Waals surface area contributed by atoms with Crippen molar-refractivity contribution in [1.82, 2.24) is 9.38 Å². The average molecular weight is 193 g/mol. The van der Waals surface area contributed by atoms with Crippen LogP contribution in [0.1, 0.15) is 11.4 Å². The van der Waals surface area contributed by atoms with E-state index in [0.29, 0.717) is 6.54 Å². The summed E-state index contributed by atoms with van der Waals surface area (Å²) in [6, 6.07) is 0. The smallest absolute Gasteiger partial charge is 0.194 e. The number of hydrogen-bond acceptors (Lipinski definition) is 3. The Hall–Kier alpha value is -1.13. The van der Waals surface area contributed by atoms with Crippen molar-refractivity contribution in [3.63, 3.8) is 0 Å². The molecule has 0 aliphatic rings. The third kappa shape index (κ3) is 1.38. The minimum Gasteiger partial charge on any atom is -0.327 e. The van der Waals surface area contributed by atoms with E-state index in [1.165, 1.54) is 0 Å². The number of nitrogens with zero attached hydrogens (tertiary/aromatic N) is 2. The average Bonchev–Trinajstić information content (AvgIpc) is 2.62. The molecule has 0 unspecified atom stereocenters. The van der Waals surface area contributed by atoms with Gasteiger partial charge >= 0.3 is 0 Å². The second kappa shape index (κ2) is 3.32. The molecular weight excluding hydrogens is 182 g/mol. The fourth-order valence-electron chi connectivity index (χ4n) is 1.29. The molecule has 4 heteroatoms. The standard InChI is InChI=1S/C9H11N3S/c1-7-8(3-2-4-10)12-5-6-13-9(12)11-7/h2-3,5-6H,4,10H2,1H3. The largest absolute Gasteiger partial charge is 0.327 e. The molecule has 0 aromatic carbocycles. The van der Waals surface area contributed by atoms with Gasteiger partial charge in [-0.1, -0.05) is 6.08 Å². The van der Waals surface area contributed by atoms with Crippen LogP contribution in [0, 0.1) is 6.92 Å². The molecule has 0 saturated carbocycles. The highest BCUT2D eigenvalue weighted by Gasteiger charge is 2.05. The van der Waals surface area contributed by atoms with Crippen LogP contribution >= 0.6 is 11.3 Å². The third-order valence-corrected chi connectivity index (χ3v) is 2.65. The van der Waals surface area contributed by atoms with Gasteiger partial charge < -0.3 is 5.73 Å². The molecule has 0 saturated heterocycles. The van der Waals surface area contributed by atoms with Gasteiger partial charge in [-0.05, 0) is 13.0 Å². The number of nitrogens with two attached hydrogens (primary N) is 1. The minimum atomic E-state index is 0.566. The van der Waals surface area contributed by atoms with E-state index < -0.39 is 0 Å². The number of fused-ring (bicyclic) bond motifs is 1. The molecule has 3 nitrogen and oxygen atoms in total. The molecule has 2 heterocycles. The second-order valence-electron chi connectivity index (χ2n) is 2.78. The van der Waals surface area contributed by atoms with Gasteiger partial charge in [-0.25, -0.2) is 4.98 Å². The lowest BCUT2D eigenvalue weighted by Crippen LogP contribution is -1.93. The first-order chi connectivity index (χ1) is 6.33. The van der Waals surface area contributed by atoms with Crippen LogP contribution in [0.25, 0.3) is 11.0 Å². The van der Waals surface area contributed by atoms with E-state index in [2.05, 4.69) is 9.38 Å². The molecule has 2 aromatic rings. The molecule has 68 valence electrons. The molecule has 2 N–H and O–H groups in total. The molecule has 0 bridgehead atoms. The third-order valence-electron chi connectivity index (χ3n) is 1.89. The van der Waals surface area contributed by atoms with Crippen molar-refractivity contribution >= 4 is 22.4 Å². The number of imidazole rings is 1. The number of thiazole rings is 1. The summed E-state index contributed by atoms with van der Waals surface area (Å²) < 4.78 is 2.08. The maximum Gasteiger partial charge on any atom is 0.194 e. The van der Waals surface area contributed by atoms with Crippen LogP contribution in [-0.4, -0.2) is 15.9 Å². The molecule has 0 atom stereocenters. The van der Waals surface area contributed by atoms with Crippen LogP contribution < -0.4 is 5.73 Å². The lowest BCUT2D eigenvalue weighted by molar-refractivity contribution is 1.18. The fraction of sp³-hybridized carbons (Fsp3) is 0.222. The topological polar surface area (TPSA) is 43.3 Å². The second-order valence-corrected chi connectivity index (χ2v) is 3.65. The van der Waals surface area contributed by atoms with Gasteiger partial charge in [0.05, 0.1) is 11.4 Å². The molecule has 0 amide bonds. The van der Waals surface area contributed by atoms with Gasteiger partial charge in [-0.3, -0.25) is 4.40 Å². The SMILES string of the molecule is Cc1nc2sccn2c1C=CCN. The zero-order valence-corrected chi connectivity index (χ0v) is 8.21. The highest BCUT2D eigenvalue weighted by Crippen LogP contribution is 2.17. The number of aryl methyl sites for hydroxylation is 1. The van der Waals surface area contributed by atoms with Gasteiger partial charge in [-0.2, -0.15) is 0 Å². The van der Waals surface area contributed by atoms with Crippen molar-refractivity contribution in [2.75, 3.05) is 6.54 Å². The van der Waals surface area contributed by atoms with Crippen molar-refractivity contribution < 1.29 is 0 Å². The first-order valence-electron chi connectivity index (χ1n) is 4.11. The van der Waals surface area contributed by atoms with Crippen molar-refractivity contribution in [2.24, 2.45) is 5.73 Å². The van der Waals surface area contributed by atoms with E-state index in [4.69, 9.17) is 5.73 Å². The van der Waals surface area contributed by atoms with Crippen molar-refractivity contribution in [2.45, 2.75) is 6.92 Å². The molecule has 2 aromatic heterocycles. The van der Waals surface area contributed by atoms with Gasteiger partial charge in [0.25, 0.3) is 0 Å². The van der Waals surface area contributed by atoms with E-state index >= 15 is 0 Å². The first-order valence-corrected chi connectivity index (χ1v) is 4.99. The summed E-state index contributed by atoms with van der Waals surface area (Å²) in [5, 5.41) is 2.03. The van der Waals surface area contributed by atoms with Crippen molar-refractivity contribution in [1.29, 1.82) is 0 Å². The number of aromatic nitrogens is 2. The summed E-state index contributed by atoms with van der Waals surface area (Å²) in [6.07, 6.45) is 5.98. The first kappa shape index (κ1) is 8.47. The van der Waals surface area contributed by atoms with Crippen LogP contribution in [-0.2, 0) is 0 Å². The Bertz CT molecular complexity index is 439. The van der Waals surface area contributed by atoms with Crippen LogP contribution in [0.2, 0.25) is 0 Å². The van der Waals surface area contributed by atoms with Crippen LogP contribution in [0.5, 0.6) is 0 Å². The van der Waals surface area contributed by atoms with E-state index in [1.54, 1.807) is 11.3 Å². The van der Waals surface area contributed by atoms with Gasteiger partial charge in [0.1, 0.15) is 0 Å². The maximum atomic E-state index is 5.40. The Kier molecular flexibility index (Phi) is 2.16. The Morgan fingerprint density at radius 2 is 2.54 bits per heavy atom. The zero-order chi connectivity index (χ0) is 9.26. The molecule has 13 heavy (non-hydrogen) atoms. The summed E-state index contributed by atoms with van der Waals surface area (Å²) in [5.41, 5.74) is 7.58. The Morgan fingerprint density at radius 3 is 3.31 bits per heavy atom. The zero-order valence-electron chi connectivity index (χ0n) is 7.40. The highest BCUT2D eigenvalue weighted by atomic mass is 32.1. The maximum absolute atomic E-state index is 5.40. The van der Waals surface area contributed by atoms with Crippen molar-refractivity contribution in [3.8, 4) is 0 Å². The summed E-state index contributed by atoms with van der Waals surface area (Å²) in [7, 11) is 0. The summed E-state index contributed by atoms with van der Waals surface area (Å²) in [6.45, 7) is 2.58. The highest BCUT2D eigenvalue weighted by molar-refractivity contribution is 7.15. The van der Waals surface area contributed by atoms with Crippen molar-refractivity contribution in [3.05, 3.63) is 29.0 Å². The van der Waals surface area contributed by atoms with Crippen LogP contribution in [0.4, 0.5) is 0 Å². The summed E-state index contributed by atoms with van der Waals surface area (Å²) in [5.74, 6) is 0. The fourth-order valence-corrected chi connectivity index (χ4v) is 2.06. The van der Waals surface area contributed by atoms with Crippen LogP contribution in [0.15, 0.2) is 17.7 Å². The Labute approximate surface area is 80.5 Å². The summed E-state index contributed by atoms with van der Waals surface area (Å²) in [4.78, 5) is 5.45. The van der Waals surface area contributed by atoms with E-state index in [0.717, 1.165) is 16.3 Å². The molecule has 0 aliphatic heterocycles. The quantitative estimate of drug-likeness (QED) is 0.788. The van der Waals surface area contributed by atoms with E-state index in [1.807, 2.05) is 30.7 Å². The van der Waals surface area contributed by atoms with Gasteiger partial charge in [-0.15, -0.1) is 11.3 Å². The predicted molar refractivity (Wildman–Crippen MR) is 55.9 cm³/mol. The Balaban J connectivity index is 2.57.